The van der Waals surface area contributed by atoms with Crippen LogP contribution in [-0.2, 0) is 11.8 Å². The van der Waals surface area contributed by atoms with Crippen molar-refractivity contribution in [1.29, 1.82) is 0 Å². The minimum Gasteiger partial charge on any atom is -0.497 e. The van der Waals surface area contributed by atoms with Crippen molar-refractivity contribution < 1.29 is 4.74 Å². The molecule has 3 heteroatoms. The summed E-state index contributed by atoms with van der Waals surface area (Å²) >= 11 is 1.77. The molecule has 0 spiro atoms. The second-order valence-electron chi connectivity index (χ2n) is 4.77. The predicted molar refractivity (Wildman–Crippen MR) is 77.4 cm³/mol. The van der Waals surface area contributed by atoms with Gasteiger partial charge in [0.1, 0.15) is 5.75 Å². The van der Waals surface area contributed by atoms with Crippen LogP contribution in [0.1, 0.15) is 17.4 Å². The molecule has 1 heterocycles. The monoisotopic (exact) mass is 261 g/mol. The molecule has 1 atom stereocenters. The van der Waals surface area contributed by atoms with Gasteiger partial charge in [0, 0.05) is 16.8 Å². The molecule has 0 aliphatic carbocycles. The molecule has 1 aromatic heterocycles. The zero-order valence-electron chi connectivity index (χ0n) is 10.8. The maximum absolute atomic E-state index is 5.99. The normalized spacial score (nSPS) is 14.2. The first kappa shape index (κ1) is 13.1. The van der Waals surface area contributed by atoms with Gasteiger partial charge in [-0.3, -0.25) is 0 Å². The van der Waals surface area contributed by atoms with Crippen LogP contribution in [0.15, 0.2) is 41.8 Å². The highest BCUT2D eigenvalue weighted by atomic mass is 32.1. The summed E-state index contributed by atoms with van der Waals surface area (Å²) in [7, 11) is 1.69. The Bertz CT molecular complexity index is 495. The van der Waals surface area contributed by atoms with E-state index >= 15 is 0 Å². The van der Waals surface area contributed by atoms with Crippen molar-refractivity contribution in [3.05, 3.63) is 52.2 Å². The van der Waals surface area contributed by atoms with Gasteiger partial charge in [-0.15, -0.1) is 11.3 Å². The topological polar surface area (TPSA) is 35.2 Å². The smallest absolute Gasteiger partial charge is 0.119 e. The molecule has 0 bridgehead atoms. The van der Waals surface area contributed by atoms with Crippen LogP contribution < -0.4 is 10.5 Å². The molecule has 1 unspecified atom stereocenters. The molecule has 18 heavy (non-hydrogen) atoms. The van der Waals surface area contributed by atoms with Gasteiger partial charge in [-0.05, 0) is 35.6 Å². The van der Waals surface area contributed by atoms with Crippen LogP contribution in [0.3, 0.4) is 0 Å². The molecule has 96 valence electrons. The van der Waals surface area contributed by atoms with Gasteiger partial charge >= 0.3 is 0 Å². The van der Waals surface area contributed by atoms with E-state index in [1.165, 1.54) is 10.4 Å². The molecule has 0 fully saturated rings. The largest absolute Gasteiger partial charge is 0.497 e. The van der Waals surface area contributed by atoms with Gasteiger partial charge in [-0.1, -0.05) is 25.1 Å². The van der Waals surface area contributed by atoms with Crippen LogP contribution >= 0.6 is 11.3 Å². The Labute approximate surface area is 112 Å². The van der Waals surface area contributed by atoms with E-state index in [-0.39, 0.29) is 5.41 Å². The fourth-order valence-corrected chi connectivity index (χ4v) is 3.02. The molecule has 2 rings (SSSR count). The van der Waals surface area contributed by atoms with Crippen LogP contribution in [0.4, 0.5) is 0 Å². The van der Waals surface area contributed by atoms with E-state index in [0.29, 0.717) is 6.54 Å². The fourth-order valence-electron chi connectivity index (χ4n) is 2.11. The van der Waals surface area contributed by atoms with Crippen molar-refractivity contribution in [2.75, 3.05) is 13.7 Å². The molecular formula is C15H19NOS. The Morgan fingerprint density at radius 1 is 1.28 bits per heavy atom. The molecular weight excluding hydrogens is 242 g/mol. The second kappa shape index (κ2) is 5.55. The molecule has 0 aliphatic rings. The molecule has 1 aromatic carbocycles. The van der Waals surface area contributed by atoms with Gasteiger partial charge in [-0.25, -0.2) is 0 Å². The molecule has 0 aliphatic heterocycles. The Morgan fingerprint density at radius 2 is 2.11 bits per heavy atom. The van der Waals surface area contributed by atoms with E-state index in [2.05, 4.69) is 36.6 Å². The van der Waals surface area contributed by atoms with E-state index in [4.69, 9.17) is 10.5 Å². The lowest BCUT2D eigenvalue weighted by Gasteiger charge is -2.27. The summed E-state index contributed by atoms with van der Waals surface area (Å²) in [4.78, 5) is 1.34. The fraction of sp³-hybridized carbons (Fsp3) is 0.333. The third-order valence-corrected chi connectivity index (χ3v) is 4.47. The van der Waals surface area contributed by atoms with Crippen molar-refractivity contribution in [3.63, 3.8) is 0 Å². The van der Waals surface area contributed by atoms with Crippen molar-refractivity contribution in [3.8, 4) is 5.75 Å². The van der Waals surface area contributed by atoms with E-state index in [9.17, 15) is 0 Å². The first-order chi connectivity index (χ1) is 8.68. The highest BCUT2D eigenvalue weighted by molar-refractivity contribution is 7.10. The summed E-state index contributed by atoms with van der Waals surface area (Å²) in [5.74, 6) is 0.901. The van der Waals surface area contributed by atoms with Crippen molar-refractivity contribution in [2.45, 2.75) is 18.8 Å². The van der Waals surface area contributed by atoms with Crippen molar-refractivity contribution >= 4 is 11.3 Å². The number of hydrogen-bond donors (Lipinski definition) is 1. The van der Waals surface area contributed by atoms with E-state index in [0.717, 1.165) is 12.2 Å². The number of rotatable bonds is 5. The summed E-state index contributed by atoms with van der Waals surface area (Å²) in [6.07, 6.45) is 0.932. The van der Waals surface area contributed by atoms with Crippen LogP contribution in [0.2, 0.25) is 0 Å². The SMILES string of the molecule is COc1cccc(CC(C)(CN)c2cccs2)c1. The Hall–Kier alpha value is -1.32. The summed E-state index contributed by atoms with van der Waals surface area (Å²) in [5, 5.41) is 2.11. The Balaban J connectivity index is 2.25. The highest BCUT2D eigenvalue weighted by Crippen LogP contribution is 2.31. The lowest BCUT2D eigenvalue weighted by molar-refractivity contribution is 0.413. The summed E-state index contributed by atoms with van der Waals surface area (Å²) in [6.45, 7) is 2.86. The third kappa shape index (κ3) is 2.74. The number of ether oxygens (including phenoxy) is 1. The number of nitrogens with two attached hydrogens (primary N) is 1. The van der Waals surface area contributed by atoms with Gasteiger partial charge in [0.05, 0.1) is 7.11 Å². The molecule has 2 N–H and O–H groups in total. The maximum Gasteiger partial charge on any atom is 0.119 e. The minimum absolute atomic E-state index is 0.000527. The van der Waals surface area contributed by atoms with Gasteiger partial charge in [-0.2, -0.15) is 0 Å². The standard InChI is InChI=1S/C15H19NOS/c1-15(11-16,14-7-4-8-18-14)10-12-5-3-6-13(9-12)17-2/h3-9H,10-11,16H2,1-2H3. The lowest BCUT2D eigenvalue weighted by Crippen LogP contribution is -2.33. The van der Waals surface area contributed by atoms with Gasteiger partial charge < -0.3 is 10.5 Å². The predicted octanol–water partition coefficient (Wildman–Crippen LogP) is 3.22. The quantitative estimate of drug-likeness (QED) is 0.897. The van der Waals surface area contributed by atoms with Crippen molar-refractivity contribution in [1.82, 2.24) is 0 Å². The number of methoxy groups -OCH3 is 1. The number of hydrogen-bond acceptors (Lipinski definition) is 3. The first-order valence-corrected chi connectivity index (χ1v) is 6.93. The second-order valence-corrected chi connectivity index (χ2v) is 5.72. The highest BCUT2D eigenvalue weighted by Gasteiger charge is 2.26. The lowest BCUT2D eigenvalue weighted by atomic mass is 9.82. The molecule has 0 saturated carbocycles. The molecule has 0 radical (unpaired) electrons. The Morgan fingerprint density at radius 3 is 2.72 bits per heavy atom. The first-order valence-electron chi connectivity index (χ1n) is 6.05. The minimum atomic E-state index is 0.000527. The van der Waals surface area contributed by atoms with Gasteiger partial charge in [0.2, 0.25) is 0 Å². The third-order valence-electron chi connectivity index (χ3n) is 3.29. The Kier molecular flexibility index (Phi) is 4.04. The van der Waals surface area contributed by atoms with Crippen LogP contribution in [0.5, 0.6) is 5.75 Å². The van der Waals surface area contributed by atoms with E-state index in [1.54, 1.807) is 18.4 Å². The summed E-state index contributed by atoms with van der Waals surface area (Å²) in [6, 6.07) is 12.5. The van der Waals surface area contributed by atoms with Crippen LogP contribution in [0.25, 0.3) is 0 Å². The average molecular weight is 261 g/mol. The molecule has 2 nitrogen and oxygen atoms in total. The number of thiophene rings is 1. The van der Waals surface area contributed by atoms with E-state index < -0.39 is 0 Å². The zero-order chi connectivity index (χ0) is 13.0. The average Bonchev–Trinajstić information content (AvgIpc) is 2.93. The van der Waals surface area contributed by atoms with Crippen LogP contribution in [-0.4, -0.2) is 13.7 Å². The molecule has 2 aromatic rings. The maximum atomic E-state index is 5.99. The molecule has 0 amide bonds. The van der Waals surface area contributed by atoms with Crippen molar-refractivity contribution in [2.24, 2.45) is 5.73 Å². The van der Waals surface area contributed by atoms with Gasteiger partial charge in [0.15, 0.2) is 0 Å². The van der Waals surface area contributed by atoms with E-state index in [1.807, 2.05) is 12.1 Å². The molecule has 0 saturated heterocycles. The summed E-state index contributed by atoms with van der Waals surface area (Å²) in [5.41, 5.74) is 7.25. The number of benzene rings is 1. The zero-order valence-corrected chi connectivity index (χ0v) is 11.7. The van der Waals surface area contributed by atoms with Gasteiger partial charge in [0.25, 0.3) is 0 Å². The summed E-state index contributed by atoms with van der Waals surface area (Å²) < 4.78 is 5.27. The van der Waals surface area contributed by atoms with Crippen LogP contribution in [0, 0.1) is 0 Å².